The number of aromatic nitrogens is 1. The van der Waals surface area contributed by atoms with E-state index < -0.39 is 0 Å². The van der Waals surface area contributed by atoms with Crippen LogP contribution >= 0.6 is 0 Å². The Labute approximate surface area is 80.5 Å². The average molecular weight is 181 g/mol. The topological polar surface area (TPSA) is 14.2 Å². The molecule has 0 atom stereocenters. The normalized spacial score (nSPS) is 11.8. The summed E-state index contributed by atoms with van der Waals surface area (Å²) in [5, 5.41) is 0. The van der Waals surface area contributed by atoms with Crippen LogP contribution in [0.1, 0.15) is 32.0 Å². The summed E-state index contributed by atoms with van der Waals surface area (Å²) in [6, 6.07) is 0. The van der Waals surface area contributed by atoms with E-state index in [-0.39, 0.29) is 5.41 Å². The predicted octanol–water partition coefficient (Wildman–Crippen LogP) is 2.64. The van der Waals surface area contributed by atoms with Crippen LogP contribution in [0, 0.1) is 6.92 Å². The molecular weight excluding hydrogens is 162 g/mol. The molecule has 13 heavy (non-hydrogen) atoms. The second-order valence-corrected chi connectivity index (χ2v) is 4.55. The summed E-state index contributed by atoms with van der Waals surface area (Å²) in [5.41, 5.74) is 2.59. The van der Waals surface area contributed by atoms with Crippen molar-refractivity contribution in [2.75, 3.05) is 7.11 Å². The Morgan fingerprint density at radius 1 is 1.31 bits per heavy atom. The molecule has 0 bridgehead atoms. The maximum Gasteiger partial charge on any atom is 0.143 e. The van der Waals surface area contributed by atoms with Crippen LogP contribution in [0.4, 0.5) is 0 Å². The monoisotopic (exact) mass is 181 g/mol. The first kappa shape index (κ1) is 10.2. The molecule has 1 heterocycles. The highest BCUT2D eigenvalue weighted by Crippen LogP contribution is 2.34. The molecule has 0 aliphatic heterocycles. The van der Waals surface area contributed by atoms with E-state index in [1.165, 1.54) is 11.3 Å². The summed E-state index contributed by atoms with van der Waals surface area (Å²) < 4.78 is 7.55. The summed E-state index contributed by atoms with van der Waals surface area (Å²) in [4.78, 5) is 0. The fourth-order valence-corrected chi connectivity index (χ4v) is 1.89. The number of rotatable bonds is 1. The molecule has 2 heteroatoms. The van der Waals surface area contributed by atoms with Crippen LogP contribution in [0.5, 0.6) is 5.75 Å². The van der Waals surface area contributed by atoms with Crippen LogP contribution in [0.25, 0.3) is 0 Å². The molecule has 0 spiro atoms. The van der Waals surface area contributed by atoms with Crippen LogP contribution < -0.4 is 4.74 Å². The molecule has 74 valence electrons. The summed E-state index contributed by atoms with van der Waals surface area (Å²) >= 11 is 0. The van der Waals surface area contributed by atoms with Gasteiger partial charge in [-0.05, 0) is 6.92 Å². The Kier molecular flexibility index (Phi) is 2.42. The third-order valence-corrected chi connectivity index (χ3v) is 2.23. The van der Waals surface area contributed by atoms with E-state index in [1.807, 2.05) is 0 Å². The fraction of sp³-hybridized carbons (Fsp3) is 0.636. The summed E-state index contributed by atoms with van der Waals surface area (Å²) in [7, 11) is 3.80. The molecule has 2 nitrogen and oxygen atoms in total. The molecule has 0 aliphatic carbocycles. The lowest BCUT2D eigenvalue weighted by Crippen LogP contribution is -2.16. The van der Waals surface area contributed by atoms with Crippen LogP contribution in [0.3, 0.4) is 0 Å². The van der Waals surface area contributed by atoms with E-state index in [1.54, 1.807) is 7.11 Å². The molecule has 1 aromatic rings. The lowest BCUT2D eigenvalue weighted by atomic mass is 9.91. The van der Waals surface area contributed by atoms with E-state index in [4.69, 9.17) is 4.74 Å². The lowest BCUT2D eigenvalue weighted by molar-refractivity contribution is 0.390. The zero-order valence-corrected chi connectivity index (χ0v) is 9.43. The van der Waals surface area contributed by atoms with Gasteiger partial charge < -0.3 is 9.30 Å². The Morgan fingerprint density at radius 2 is 1.85 bits per heavy atom. The van der Waals surface area contributed by atoms with E-state index >= 15 is 0 Å². The number of aryl methyl sites for hydroxylation is 2. The molecule has 0 aliphatic rings. The average Bonchev–Trinajstić information content (AvgIpc) is 2.23. The van der Waals surface area contributed by atoms with Crippen molar-refractivity contribution in [3.63, 3.8) is 0 Å². The highest BCUT2D eigenvalue weighted by molar-refractivity contribution is 5.41. The highest BCUT2D eigenvalue weighted by Gasteiger charge is 2.23. The van der Waals surface area contributed by atoms with Crippen molar-refractivity contribution in [2.45, 2.75) is 33.1 Å². The first-order chi connectivity index (χ1) is 5.88. The zero-order valence-electron chi connectivity index (χ0n) is 9.43. The number of methoxy groups -OCH3 is 1. The van der Waals surface area contributed by atoms with Gasteiger partial charge in [0.1, 0.15) is 5.75 Å². The number of hydrogen-bond donors (Lipinski definition) is 0. The van der Waals surface area contributed by atoms with Gasteiger partial charge in [-0.15, -0.1) is 0 Å². The van der Waals surface area contributed by atoms with Crippen molar-refractivity contribution < 1.29 is 4.74 Å². The molecule has 0 saturated carbocycles. The molecule has 0 aromatic carbocycles. The maximum absolute atomic E-state index is 5.40. The smallest absolute Gasteiger partial charge is 0.143 e. The van der Waals surface area contributed by atoms with Crippen molar-refractivity contribution >= 4 is 0 Å². The summed E-state index contributed by atoms with van der Waals surface area (Å²) in [5.74, 6) is 1.02. The largest absolute Gasteiger partial charge is 0.495 e. The third kappa shape index (κ3) is 1.71. The van der Waals surface area contributed by atoms with Gasteiger partial charge in [0.05, 0.1) is 12.8 Å². The molecule has 0 N–H and O–H groups in total. The van der Waals surface area contributed by atoms with Crippen molar-refractivity contribution in [1.82, 2.24) is 4.57 Å². The number of nitrogens with zero attached hydrogens (tertiary/aromatic N) is 1. The third-order valence-electron chi connectivity index (χ3n) is 2.23. The first-order valence-electron chi connectivity index (χ1n) is 4.58. The summed E-state index contributed by atoms with van der Waals surface area (Å²) in [6.07, 6.45) is 2.11. The number of hydrogen-bond acceptors (Lipinski definition) is 1. The fourth-order valence-electron chi connectivity index (χ4n) is 1.89. The van der Waals surface area contributed by atoms with Crippen molar-refractivity contribution in [3.8, 4) is 5.75 Å². The van der Waals surface area contributed by atoms with Crippen LogP contribution in [-0.4, -0.2) is 11.7 Å². The van der Waals surface area contributed by atoms with Gasteiger partial charge in [0, 0.05) is 24.2 Å². The molecule has 0 unspecified atom stereocenters. The lowest BCUT2D eigenvalue weighted by Gasteiger charge is -2.21. The van der Waals surface area contributed by atoms with Crippen molar-refractivity contribution in [1.29, 1.82) is 0 Å². The SMILES string of the molecule is COc1c(C)cn(C)c1C(C)(C)C. The van der Waals surface area contributed by atoms with Gasteiger partial charge in [-0.1, -0.05) is 20.8 Å². The molecule has 1 aromatic heterocycles. The molecule has 0 saturated heterocycles. The molecule has 0 fully saturated rings. The van der Waals surface area contributed by atoms with Crippen LogP contribution in [-0.2, 0) is 12.5 Å². The minimum Gasteiger partial charge on any atom is -0.495 e. The van der Waals surface area contributed by atoms with Gasteiger partial charge in [0.2, 0.25) is 0 Å². The molecule has 0 amide bonds. The van der Waals surface area contributed by atoms with Crippen LogP contribution in [0.2, 0.25) is 0 Å². The van der Waals surface area contributed by atoms with Gasteiger partial charge >= 0.3 is 0 Å². The predicted molar refractivity (Wildman–Crippen MR) is 55.4 cm³/mol. The quantitative estimate of drug-likeness (QED) is 0.649. The van der Waals surface area contributed by atoms with Crippen molar-refractivity contribution in [2.24, 2.45) is 7.05 Å². The van der Waals surface area contributed by atoms with E-state index in [9.17, 15) is 0 Å². The van der Waals surface area contributed by atoms with Crippen molar-refractivity contribution in [3.05, 3.63) is 17.5 Å². The van der Waals surface area contributed by atoms with Gasteiger partial charge in [-0.2, -0.15) is 0 Å². The minimum atomic E-state index is 0.133. The summed E-state index contributed by atoms with van der Waals surface area (Å²) in [6.45, 7) is 8.67. The second kappa shape index (κ2) is 3.09. The van der Waals surface area contributed by atoms with Gasteiger partial charge in [0.25, 0.3) is 0 Å². The van der Waals surface area contributed by atoms with Crippen LogP contribution in [0.15, 0.2) is 6.20 Å². The Bertz CT molecular complexity index is 305. The molecule has 1 rings (SSSR count). The van der Waals surface area contributed by atoms with E-state index in [2.05, 4.69) is 45.5 Å². The van der Waals surface area contributed by atoms with E-state index in [0.717, 1.165) is 5.75 Å². The first-order valence-corrected chi connectivity index (χ1v) is 4.58. The highest BCUT2D eigenvalue weighted by atomic mass is 16.5. The minimum absolute atomic E-state index is 0.133. The van der Waals surface area contributed by atoms with Gasteiger partial charge in [0.15, 0.2) is 0 Å². The van der Waals surface area contributed by atoms with Gasteiger partial charge in [-0.25, -0.2) is 0 Å². The maximum atomic E-state index is 5.40. The molecular formula is C11H19NO. The zero-order chi connectivity index (χ0) is 10.2. The Balaban J connectivity index is 3.34. The van der Waals surface area contributed by atoms with Gasteiger partial charge in [-0.3, -0.25) is 0 Å². The standard InChI is InChI=1S/C11H19NO/c1-8-7-12(5)10(9(8)13-6)11(2,3)4/h7H,1-6H3. The molecule has 0 radical (unpaired) electrons. The Morgan fingerprint density at radius 3 is 2.15 bits per heavy atom. The van der Waals surface area contributed by atoms with E-state index in [0.29, 0.717) is 0 Å². The second-order valence-electron chi connectivity index (χ2n) is 4.55. The Hall–Kier alpha value is -0.920. The number of ether oxygens (including phenoxy) is 1.